The molecule has 7 nitrogen and oxygen atoms in total. The van der Waals surface area contributed by atoms with Gasteiger partial charge in [-0.25, -0.2) is 10.1 Å². The average molecular weight is 224 g/mol. The van der Waals surface area contributed by atoms with Crippen LogP contribution in [0.25, 0.3) is 0 Å². The molecule has 1 aromatic heterocycles. The molecular formula is C9H12N4O3. The molecular weight excluding hydrogens is 212 g/mol. The summed E-state index contributed by atoms with van der Waals surface area (Å²) in [6.07, 6.45) is 1.89. The van der Waals surface area contributed by atoms with Gasteiger partial charge in [0.2, 0.25) is 5.91 Å². The highest BCUT2D eigenvalue weighted by atomic mass is 16.2. The molecule has 0 unspecified atom stereocenters. The molecule has 0 aliphatic carbocycles. The molecule has 0 saturated heterocycles. The molecule has 1 rings (SSSR count). The van der Waals surface area contributed by atoms with Gasteiger partial charge in [-0.2, -0.15) is 5.10 Å². The number of hydrazone groups is 1. The zero-order chi connectivity index (χ0) is 12.0. The molecule has 1 heterocycles. The van der Waals surface area contributed by atoms with E-state index in [2.05, 4.69) is 15.6 Å². The molecule has 86 valence electrons. The lowest BCUT2D eigenvalue weighted by atomic mass is 10.4. The minimum absolute atomic E-state index is 0.262. The minimum atomic E-state index is -0.335. The fourth-order valence-electron chi connectivity index (χ4n) is 1.02. The van der Waals surface area contributed by atoms with Crippen molar-refractivity contribution in [1.82, 2.24) is 15.2 Å². The Hall–Kier alpha value is -2.18. The molecule has 0 aliphatic rings. The summed E-state index contributed by atoms with van der Waals surface area (Å²) >= 11 is 0. The number of nitrogens with one attached hydrogen (secondary N) is 2. The van der Waals surface area contributed by atoms with Crippen molar-refractivity contribution in [2.75, 3.05) is 0 Å². The maximum Gasteiger partial charge on any atom is 0.265 e. The van der Waals surface area contributed by atoms with Crippen LogP contribution in [-0.2, 0) is 11.3 Å². The van der Waals surface area contributed by atoms with Crippen LogP contribution in [0.2, 0.25) is 0 Å². The van der Waals surface area contributed by atoms with Crippen molar-refractivity contribution < 1.29 is 4.79 Å². The SMILES string of the molecule is CC(=O)NN=CCCn1[nH]c(=O)ccc1=O. The van der Waals surface area contributed by atoms with Crippen molar-refractivity contribution in [3.8, 4) is 0 Å². The lowest BCUT2D eigenvalue weighted by molar-refractivity contribution is -0.118. The summed E-state index contributed by atoms with van der Waals surface area (Å²) in [7, 11) is 0. The summed E-state index contributed by atoms with van der Waals surface area (Å²) in [5.74, 6) is -0.262. The molecule has 0 spiro atoms. The molecule has 1 amide bonds. The molecule has 7 heteroatoms. The van der Waals surface area contributed by atoms with Crippen LogP contribution in [0.4, 0.5) is 0 Å². The number of H-pyrrole nitrogens is 1. The average Bonchev–Trinajstić information content (AvgIpc) is 2.22. The van der Waals surface area contributed by atoms with Crippen LogP contribution in [0.5, 0.6) is 0 Å². The van der Waals surface area contributed by atoms with E-state index < -0.39 is 0 Å². The molecule has 0 aromatic carbocycles. The third kappa shape index (κ3) is 3.91. The van der Waals surface area contributed by atoms with Gasteiger partial charge in [0, 0.05) is 38.2 Å². The third-order valence-corrected chi connectivity index (χ3v) is 1.68. The highest BCUT2D eigenvalue weighted by molar-refractivity contribution is 5.73. The molecule has 0 saturated carbocycles. The van der Waals surface area contributed by atoms with Crippen LogP contribution in [0.15, 0.2) is 26.8 Å². The second-order valence-electron chi connectivity index (χ2n) is 3.07. The van der Waals surface area contributed by atoms with Crippen molar-refractivity contribution in [2.24, 2.45) is 5.10 Å². The first-order chi connectivity index (χ1) is 7.59. The van der Waals surface area contributed by atoms with Crippen LogP contribution in [0.3, 0.4) is 0 Å². The van der Waals surface area contributed by atoms with Crippen LogP contribution in [-0.4, -0.2) is 21.9 Å². The minimum Gasteiger partial charge on any atom is -0.274 e. The monoisotopic (exact) mass is 224 g/mol. The summed E-state index contributed by atoms with van der Waals surface area (Å²) < 4.78 is 1.18. The molecule has 0 bridgehead atoms. The molecule has 2 N–H and O–H groups in total. The Balaban J connectivity index is 2.52. The van der Waals surface area contributed by atoms with Crippen molar-refractivity contribution in [1.29, 1.82) is 0 Å². The first-order valence-electron chi connectivity index (χ1n) is 4.68. The molecule has 0 aliphatic heterocycles. The number of aromatic amines is 1. The summed E-state index contributed by atoms with van der Waals surface area (Å²) in [6, 6.07) is 2.37. The number of hydrogen-bond acceptors (Lipinski definition) is 4. The van der Waals surface area contributed by atoms with Crippen LogP contribution in [0, 0.1) is 0 Å². The summed E-state index contributed by atoms with van der Waals surface area (Å²) in [5.41, 5.74) is 1.61. The number of aryl methyl sites for hydroxylation is 1. The second kappa shape index (κ2) is 5.64. The van der Waals surface area contributed by atoms with Gasteiger partial charge >= 0.3 is 0 Å². The number of nitrogens with zero attached hydrogens (tertiary/aromatic N) is 2. The Morgan fingerprint density at radius 2 is 2.31 bits per heavy atom. The highest BCUT2D eigenvalue weighted by Crippen LogP contribution is 1.78. The largest absolute Gasteiger partial charge is 0.274 e. The van der Waals surface area contributed by atoms with Gasteiger partial charge in [-0.15, -0.1) is 0 Å². The third-order valence-electron chi connectivity index (χ3n) is 1.68. The number of amides is 1. The predicted molar refractivity (Wildman–Crippen MR) is 58.2 cm³/mol. The van der Waals surface area contributed by atoms with Crippen molar-refractivity contribution >= 4 is 12.1 Å². The summed E-state index contributed by atoms with van der Waals surface area (Å²) in [5, 5.41) is 5.98. The number of carbonyl (C=O) groups excluding carboxylic acids is 1. The smallest absolute Gasteiger partial charge is 0.265 e. The number of carbonyl (C=O) groups is 1. The maximum atomic E-state index is 11.2. The Kier molecular flexibility index (Phi) is 4.19. The fourth-order valence-corrected chi connectivity index (χ4v) is 1.02. The summed E-state index contributed by atoms with van der Waals surface area (Å²) in [6.45, 7) is 1.65. The van der Waals surface area contributed by atoms with Crippen LogP contribution in [0.1, 0.15) is 13.3 Å². The number of hydrogen-bond donors (Lipinski definition) is 2. The maximum absolute atomic E-state index is 11.2. The van der Waals surface area contributed by atoms with E-state index in [1.165, 1.54) is 30.0 Å². The second-order valence-corrected chi connectivity index (χ2v) is 3.07. The van der Waals surface area contributed by atoms with Crippen molar-refractivity contribution in [2.45, 2.75) is 19.9 Å². The van der Waals surface area contributed by atoms with E-state index >= 15 is 0 Å². The van der Waals surface area contributed by atoms with Gasteiger partial charge in [0.1, 0.15) is 0 Å². The Morgan fingerprint density at radius 3 is 3.00 bits per heavy atom. The Bertz CT molecular complexity index is 500. The molecule has 0 atom stereocenters. The normalized spacial score (nSPS) is 10.6. The Morgan fingerprint density at radius 1 is 1.56 bits per heavy atom. The van der Waals surface area contributed by atoms with Gasteiger partial charge in [0.05, 0.1) is 0 Å². The first kappa shape index (κ1) is 11.9. The lowest BCUT2D eigenvalue weighted by Crippen LogP contribution is -2.28. The van der Waals surface area contributed by atoms with E-state index in [1.54, 1.807) is 0 Å². The van der Waals surface area contributed by atoms with E-state index in [0.29, 0.717) is 13.0 Å². The van der Waals surface area contributed by atoms with Crippen molar-refractivity contribution in [3.05, 3.63) is 32.8 Å². The van der Waals surface area contributed by atoms with Gasteiger partial charge in [0.15, 0.2) is 0 Å². The Labute approximate surface area is 90.8 Å². The highest BCUT2D eigenvalue weighted by Gasteiger charge is 1.94. The molecule has 16 heavy (non-hydrogen) atoms. The zero-order valence-corrected chi connectivity index (χ0v) is 8.77. The van der Waals surface area contributed by atoms with E-state index in [0.717, 1.165) is 0 Å². The van der Waals surface area contributed by atoms with Gasteiger partial charge in [-0.05, 0) is 0 Å². The quantitative estimate of drug-likeness (QED) is 0.509. The van der Waals surface area contributed by atoms with E-state index in [9.17, 15) is 14.4 Å². The zero-order valence-electron chi connectivity index (χ0n) is 8.77. The standard InChI is InChI=1S/C9H12N4O3/c1-7(14)11-10-5-2-6-13-9(16)4-3-8(15)12-13/h3-5H,2,6H2,1H3,(H,11,14)(H,12,15). The fraction of sp³-hybridized carbons (Fsp3) is 0.333. The van der Waals surface area contributed by atoms with Crippen LogP contribution >= 0.6 is 0 Å². The lowest BCUT2D eigenvalue weighted by Gasteiger charge is -2.00. The van der Waals surface area contributed by atoms with Crippen molar-refractivity contribution in [3.63, 3.8) is 0 Å². The molecule has 0 radical (unpaired) electrons. The number of aromatic nitrogens is 2. The molecule has 1 aromatic rings. The van der Waals surface area contributed by atoms with Crippen LogP contribution < -0.4 is 16.5 Å². The predicted octanol–water partition coefficient (Wildman–Crippen LogP) is -0.951. The van der Waals surface area contributed by atoms with E-state index in [4.69, 9.17) is 0 Å². The van der Waals surface area contributed by atoms with E-state index in [1.807, 2.05) is 0 Å². The number of rotatable bonds is 4. The van der Waals surface area contributed by atoms with Gasteiger partial charge in [-0.3, -0.25) is 19.5 Å². The van der Waals surface area contributed by atoms with E-state index in [-0.39, 0.29) is 17.0 Å². The summed E-state index contributed by atoms with van der Waals surface area (Å²) in [4.78, 5) is 32.6. The first-order valence-corrected chi connectivity index (χ1v) is 4.68. The molecule has 0 fully saturated rings. The van der Waals surface area contributed by atoms with Gasteiger partial charge < -0.3 is 0 Å². The van der Waals surface area contributed by atoms with Gasteiger partial charge in [0.25, 0.3) is 11.1 Å². The topological polar surface area (TPSA) is 96.3 Å². The van der Waals surface area contributed by atoms with Gasteiger partial charge in [-0.1, -0.05) is 0 Å².